The molecular formula is C18H19N5O2. The Bertz CT molecular complexity index is 911. The third-order valence-electron chi connectivity index (χ3n) is 4.36. The molecule has 3 heterocycles. The van der Waals surface area contributed by atoms with Gasteiger partial charge in [-0.25, -0.2) is 4.79 Å². The Morgan fingerprint density at radius 1 is 1.24 bits per heavy atom. The van der Waals surface area contributed by atoms with Crippen LogP contribution < -0.4 is 15.4 Å². The first-order valence-corrected chi connectivity index (χ1v) is 8.31. The first kappa shape index (κ1) is 15.4. The predicted octanol–water partition coefficient (Wildman–Crippen LogP) is 3.42. The zero-order valence-electron chi connectivity index (χ0n) is 14.0. The molecule has 2 amide bonds. The number of methoxy groups -OCH3 is 1. The van der Waals surface area contributed by atoms with E-state index in [9.17, 15) is 4.79 Å². The maximum Gasteiger partial charge on any atom is 0.324 e. The number of aryl methyl sites for hydroxylation is 2. The largest absolute Gasteiger partial charge is 0.494 e. The molecule has 0 radical (unpaired) electrons. The fourth-order valence-corrected chi connectivity index (χ4v) is 3.17. The van der Waals surface area contributed by atoms with Crippen LogP contribution in [0.15, 0.2) is 36.5 Å². The van der Waals surface area contributed by atoms with Gasteiger partial charge in [0.1, 0.15) is 11.3 Å². The van der Waals surface area contributed by atoms with Crippen molar-refractivity contribution in [1.82, 2.24) is 14.8 Å². The Labute approximate surface area is 145 Å². The number of rotatable bonds is 3. The first-order chi connectivity index (χ1) is 12.2. The summed E-state index contributed by atoms with van der Waals surface area (Å²) in [5.74, 6) is 1.24. The standard InChI is InChI=1S/C18H19N5O2/c1-25-15-8-7-14(13-6-4-9-19-17(13)15)20-18(24)21-16-11-12-5-2-3-10-23(12)22-16/h4,6-9,11H,2-3,5,10H2,1H3,(H2,20,21,22,24). The molecule has 0 atom stereocenters. The second-order valence-electron chi connectivity index (χ2n) is 6.00. The van der Waals surface area contributed by atoms with E-state index in [0.717, 1.165) is 24.8 Å². The van der Waals surface area contributed by atoms with Gasteiger partial charge < -0.3 is 10.1 Å². The van der Waals surface area contributed by atoms with E-state index in [1.54, 1.807) is 25.4 Å². The number of nitrogens with zero attached hydrogens (tertiary/aromatic N) is 3. The molecule has 1 aliphatic heterocycles. The van der Waals surface area contributed by atoms with Crippen LogP contribution in [0.25, 0.3) is 10.9 Å². The Balaban J connectivity index is 1.55. The molecule has 0 bridgehead atoms. The molecular weight excluding hydrogens is 318 g/mol. The van der Waals surface area contributed by atoms with Crippen molar-refractivity contribution in [2.24, 2.45) is 0 Å². The lowest BCUT2D eigenvalue weighted by Gasteiger charge is -2.11. The van der Waals surface area contributed by atoms with Crippen molar-refractivity contribution < 1.29 is 9.53 Å². The molecule has 0 saturated heterocycles. The summed E-state index contributed by atoms with van der Waals surface area (Å²) in [5.41, 5.74) is 2.55. The molecule has 0 unspecified atom stereocenters. The average Bonchev–Trinajstić information content (AvgIpc) is 3.04. The van der Waals surface area contributed by atoms with Crippen molar-refractivity contribution in [3.05, 3.63) is 42.2 Å². The highest BCUT2D eigenvalue weighted by atomic mass is 16.5. The van der Waals surface area contributed by atoms with Crippen LogP contribution in [0, 0.1) is 0 Å². The molecule has 1 aliphatic rings. The number of ether oxygens (including phenoxy) is 1. The van der Waals surface area contributed by atoms with Gasteiger partial charge in [0.25, 0.3) is 0 Å². The number of benzene rings is 1. The summed E-state index contributed by atoms with van der Waals surface area (Å²) in [7, 11) is 1.60. The highest BCUT2D eigenvalue weighted by Gasteiger charge is 2.15. The van der Waals surface area contributed by atoms with Crippen LogP contribution in [-0.2, 0) is 13.0 Å². The first-order valence-electron chi connectivity index (χ1n) is 8.31. The Morgan fingerprint density at radius 3 is 3.00 bits per heavy atom. The molecule has 0 aliphatic carbocycles. The van der Waals surface area contributed by atoms with Crippen molar-refractivity contribution in [2.75, 3.05) is 17.7 Å². The van der Waals surface area contributed by atoms with Crippen molar-refractivity contribution in [1.29, 1.82) is 0 Å². The number of anilines is 2. The number of hydrogen-bond acceptors (Lipinski definition) is 4. The van der Waals surface area contributed by atoms with Gasteiger partial charge in [0, 0.05) is 29.9 Å². The van der Waals surface area contributed by atoms with Gasteiger partial charge in [0.2, 0.25) is 0 Å². The average molecular weight is 337 g/mol. The summed E-state index contributed by atoms with van der Waals surface area (Å²) in [6.07, 6.45) is 5.00. The maximum absolute atomic E-state index is 12.4. The van der Waals surface area contributed by atoms with Crippen molar-refractivity contribution >= 4 is 28.4 Å². The highest BCUT2D eigenvalue weighted by molar-refractivity contribution is 6.06. The minimum Gasteiger partial charge on any atom is -0.494 e. The molecule has 3 aromatic rings. The van der Waals surface area contributed by atoms with Crippen LogP contribution >= 0.6 is 0 Å². The van der Waals surface area contributed by atoms with Crippen LogP contribution in [0.2, 0.25) is 0 Å². The third kappa shape index (κ3) is 3.00. The predicted molar refractivity (Wildman–Crippen MR) is 96.1 cm³/mol. The van der Waals surface area contributed by atoms with E-state index in [1.807, 2.05) is 22.9 Å². The lowest BCUT2D eigenvalue weighted by molar-refractivity contribution is 0.262. The smallest absolute Gasteiger partial charge is 0.324 e. The Hall–Kier alpha value is -3.09. The van der Waals surface area contributed by atoms with E-state index in [0.29, 0.717) is 22.8 Å². The fourth-order valence-electron chi connectivity index (χ4n) is 3.17. The number of hydrogen-bond donors (Lipinski definition) is 2. The van der Waals surface area contributed by atoms with E-state index in [-0.39, 0.29) is 6.03 Å². The van der Waals surface area contributed by atoms with E-state index in [1.165, 1.54) is 12.1 Å². The number of urea groups is 1. The molecule has 0 spiro atoms. The van der Waals surface area contributed by atoms with E-state index in [2.05, 4.69) is 20.7 Å². The number of amides is 2. The molecule has 2 N–H and O–H groups in total. The molecule has 25 heavy (non-hydrogen) atoms. The van der Waals surface area contributed by atoms with Gasteiger partial charge in [-0.2, -0.15) is 5.10 Å². The number of fused-ring (bicyclic) bond motifs is 2. The summed E-state index contributed by atoms with van der Waals surface area (Å²) in [6.45, 7) is 0.910. The molecule has 7 heteroatoms. The molecule has 128 valence electrons. The molecule has 2 aromatic heterocycles. The summed E-state index contributed by atoms with van der Waals surface area (Å²) >= 11 is 0. The van der Waals surface area contributed by atoms with Gasteiger partial charge in [-0.3, -0.25) is 15.0 Å². The van der Waals surface area contributed by atoms with Gasteiger partial charge in [0.15, 0.2) is 5.82 Å². The molecule has 0 fully saturated rings. The SMILES string of the molecule is COc1ccc(NC(=O)Nc2cc3n(n2)CCCC3)c2cccnc12. The van der Waals surface area contributed by atoms with Gasteiger partial charge in [-0.15, -0.1) is 0 Å². The second-order valence-corrected chi connectivity index (χ2v) is 6.00. The van der Waals surface area contributed by atoms with Crippen LogP contribution in [0.1, 0.15) is 18.5 Å². The topological polar surface area (TPSA) is 81.1 Å². The number of carbonyl (C=O) groups is 1. The normalized spacial score (nSPS) is 13.3. The number of aromatic nitrogens is 3. The van der Waals surface area contributed by atoms with Crippen molar-refractivity contribution in [3.63, 3.8) is 0 Å². The van der Waals surface area contributed by atoms with E-state index < -0.39 is 0 Å². The third-order valence-corrected chi connectivity index (χ3v) is 4.36. The quantitative estimate of drug-likeness (QED) is 0.767. The second kappa shape index (κ2) is 6.43. The van der Waals surface area contributed by atoms with Gasteiger partial charge in [-0.05, 0) is 43.5 Å². The monoisotopic (exact) mass is 337 g/mol. The fraction of sp³-hybridized carbons (Fsp3) is 0.278. The highest BCUT2D eigenvalue weighted by Crippen LogP contribution is 2.29. The van der Waals surface area contributed by atoms with Gasteiger partial charge in [0.05, 0.1) is 12.8 Å². The van der Waals surface area contributed by atoms with Crippen LogP contribution in [-0.4, -0.2) is 27.9 Å². The lowest BCUT2D eigenvalue weighted by Crippen LogP contribution is -2.20. The Kier molecular flexibility index (Phi) is 3.97. The van der Waals surface area contributed by atoms with Gasteiger partial charge in [-0.1, -0.05) is 0 Å². The summed E-state index contributed by atoms with van der Waals surface area (Å²) in [5, 5.41) is 10.9. The Morgan fingerprint density at radius 2 is 2.16 bits per heavy atom. The zero-order chi connectivity index (χ0) is 17.2. The van der Waals surface area contributed by atoms with Crippen LogP contribution in [0.3, 0.4) is 0 Å². The molecule has 4 rings (SSSR count). The molecule has 7 nitrogen and oxygen atoms in total. The molecule has 1 aromatic carbocycles. The summed E-state index contributed by atoms with van der Waals surface area (Å²) < 4.78 is 7.29. The summed E-state index contributed by atoms with van der Waals surface area (Å²) in [4.78, 5) is 16.7. The van der Waals surface area contributed by atoms with E-state index in [4.69, 9.17) is 4.74 Å². The maximum atomic E-state index is 12.4. The minimum absolute atomic E-state index is 0.328. The number of nitrogens with one attached hydrogen (secondary N) is 2. The van der Waals surface area contributed by atoms with Crippen molar-refractivity contribution in [3.8, 4) is 5.75 Å². The van der Waals surface area contributed by atoms with Crippen LogP contribution in [0.4, 0.5) is 16.3 Å². The van der Waals surface area contributed by atoms with Crippen LogP contribution in [0.5, 0.6) is 5.75 Å². The van der Waals surface area contributed by atoms with Crippen molar-refractivity contribution in [2.45, 2.75) is 25.8 Å². The minimum atomic E-state index is -0.328. The number of pyridine rings is 1. The lowest BCUT2D eigenvalue weighted by atomic mass is 10.1. The zero-order valence-corrected chi connectivity index (χ0v) is 14.0. The van der Waals surface area contributed by atoms with Gasteiger partial charge >= 0.3 is 6.03 Å². The molecule has 0 saturated carbocycles. The summed E-state index contributed by atoms with van der Waals surface area (Å²) in [6, 6.07) is 8.93. The van der Waals surface area contributed by atoms with E-state index >= 15 is 0 Å². The number of carbonyl (C=O) groups excluding carboxylic acids is 1.